The number of aromatic nitrogens is 1. The molecular weight excluding hydrogens is 332 g/mol. The van der Waals surface area contributed by atoms with Crippen LogP contribution < -0.4 is 10.1 Å². The summed E-state index contributed by atoms with van der Waals surface area (Å²) in [4.78, 5) is 17.3. The maximum Gasteiger partial charge on any atom is 0.268 e. The van der Waals surface area contributed by atoms with E-state index in [2.05, 4.69) is 10.3 Å². The van der Waals surface area contributed by atoms with Crippen LogP contribution in [0, 0.1) is 0 Å². The zero-order valence-corrected chi connectivity index (χ0v) is 14.2. The number of benzene rings is 2. The van der Waals surface area contributed by atoms with Gasteiger partial charge in [-0.25, -0.2) is 0 Å². The van der Waals surface area contributed by atoms with Gasteiger partial charge in [-0.15, -0.1) is 0 Å². The highest BCUT2D eigenvalue weighted by molar-refractivity contribution is 7.99. The fourth-order valence-corrected chi connectivity index (χ4v) is 3.46. The monoisotopic (exact) mass is 346 g/mol. The second-order valence-electron chi connectivity index (χ2n) is 4.88. The number of halogens is 1. The number of hydrogen-bond acceptors (Lipinski definition) is 3. The predicted octanol–water partition coefficient (Wildman–Crippen LogP) is 4.34. The first-order valence-corrected chi connectivity index (χ1v) is 8.17. The molecule has 1 amide bonds. The molecule has 0 aliphatic rings. The largest absolute Gasteiger partial charge is 0.497 e. The van der Waals surface area contributed by atoms with Crippen LogP contribution in [0.1, 0.15) is 10.5 Å². The second-order valence-corrected chi connectivity index (χ2v) is 6.40. The van der Waals surface area contributed by atoms with E-state index in [1.807, 2.05) is 42.5 Å². The van der Waals surface area contributed by atoms with Crippen molar-refractivity contribution in [2.24, 2.45) is 0 Å². The Morgan fingerprint density at radius 1 is 1.22 bits per heavy atom. The first-order chi connectivity index (χ1) is 11.1. The molecule has 0 bridgehead atoms. The summed E-state index contributed by atoms with van der Waals surface area (Å²) < 4.78 is 5.25. The Hall–Kier alpha value is -2.11. The van der Waals surface area contributed by atoms with Gasteiger partial charge in [-0.3, -0.25) is 4.79 Å². The normalized spacial score (nSPS) is 10.7. The van der Waals surface area contributed by atoms with E-state index >= 15 is 0 Å². The van der Waals surface area contributed by atoms with Gasteiger partial charge >= 0.3 is 0 Å². The van der Waals surface area contributed by atoms with Crippen LogP contribution in [0.3, 0.4) is 0 Å². The molecule has 0 atom stereocenters. The summed E-state index contributed by atoms with van der Waals surface area (Å²) in [6.45, 7) is 0. The number of carbonyl (C=O) groups is 1. The molecule has 4 nitrogen and oxygen atoms in total. The Labute approximate surface area is 143 Å². The van der Waals surface area contributed by atoms with E-state index in [0.717, 1.165) is 26.4 Å². The predicted molar refractivity (Wildman–Crippen MR) is 93.8 cm³/mol. The quantitative estimate of drug-likeness (QED) is 0.738. The molecule has 0 unspecified atom stereocenters. The summed E-state index contributed by atoms with van der Waals surface area (Å²) in [6.07, 6.45) is 0. The van der Waals surface area contributed by atoms with Gasteiger partial charge in [-0.2, -0.15) is 0 Å². The highest BCUT2D eigenvalue weighted by Gasteiger charge is 2.18. The lowest BCUT2D eigenvalue weighted by Crippen LogP contribution is -2.18. The third kappa shape index (κ3) is 3.16. The van der Waals surface area contributed by atoms with Gasteiger partial charge < -0.3 is 15.0 Å². The minimum atomic E-state index is -0.156. The maximum absolute atomic E-state index is 12.2. The third-order valence-corrected chi connectivity index (χ3v) is 4.83. The van der Waals surface area contributed by atoms with Crippen molar-refractivity contribution in [3.8, 4) is 5.75 Å². The van der Waals surface area contributed by atoms with Gasteiger partial charge in [0.15, 0.2) is 0 Å². The molecule has 3 rings (SSSR count). The van der Waals surface area contributed by atoms with Crippen molar-refractivity contribution >= 4 is 40.2 Å². The van der Waals surface area contributed by atoms with Crippen molar-refractivity contribution in [1.29, 1.82) is 0 Å². The molecule has 23 heavy (non-hydrogen) atoms. The molecule has 3 aromatic rings. The maximum atomic E-state index is 12.2. The number of aromatic amines is 1. The minimum Gasteiger partial charge on any atom is -0.497 e. The van der Waals surface area contributed by atoms with Crippen molar-refractivity contribution < 1.29 is 9.53 Å². The number of nitrogens with one attached hydrogen (secondary N) is 2. The van der Waals surface area contributed by atoms with Crippen molar-refractivity contribution in [2.75, 3.05) is 14.2 Å². The lowest BCUT2D eigenvalue weighted by molar-refractivity contribution is 0.0956. The van der Waals surface area contributed by atoms with Crippen molar-refractivity contribution in [1.82, 2.24) is 10.3 Å². The Kier molecular flexibility index (Phi) is 4.50. The highest BCUT2D eigenvalue weighted by atomic mass is 35.5. The molecular formula is C17H15ClN2O2S. The van der Waals surface area contributed by atoms with E-state index in [0.29, 0.717) is 10.7 Å². The average Bonchev–Trinajstić information content (AvgIpc) is 2.93. The molecule has 0 saturated carbocycles. The van der Waals surface area contributed by atoms with Gasteiger partial charge in [-0.1, -0.05) is 23.4 Å². The number of amides is 1. The molecule has 2 aromatic carbocycles. The molecule has 0 radical (unpaired) electrons. The standard InChI is InChI=1S/C17H15ClN2O2S/c1-19-17(21)15-16(23-12-6-3-10(18)4-7-12)13-8-5-11(22-2)9-14(13)20-15/h3-9,20H,1-2H3,(H,19,21). The third-order valence-electron chi connectivity index (χ3n) is 3.45. The fourth-order valence-electron chi connectivity index (χ4n) is 2.29. The second kappa shape index (κ2) is 6.56. The van der Waals surface area contributed by atoms with Crippen LogP contribution in [0.4, 0.5) is 0 Å². The SMILES string of the molecule is CNC(=O)c1[nH]c2cc(OC)ccc2c1Sc1ccc(Cl)cc1. The zero-order valence-electron chi connectivity index (χ0n) is 12.6. The lowest BCUT2D eigenvalue weighted by Gasteiger charge is -2.04. The molecule has 0 spiro atoms. The van der Waals surface area contributed by atoms with Crippen LogP contribution in [-0.4, -0.2) is 25.0 Å². The number of hydrogen-bond donors (Lipinski definition) is 2. The molecule has 1 aromatic heterocycles. The van der Waals surface area contributed by atoms with E-state index in [9.17, 15) is 4.79 Å². The summed E-state index contributed by atoms with van der Waals surface area (Å²) in [5.74, 6) is 0.585. The van der Waals surface area contributed by atoms with Crippen LogP contribution in [0.25, 0.3) is 10.9 Å². The molecule has 0 aliphatic heterocycles. The molecule has 0 saturated heterocycles. The van der Waals surface area contributed by atoms with Gasteiger partial charge in [0.1, 0.15) is 11.4 Å². The van der Waals surface area contributed by atoms with Gasteiger partial charge in [0, 0.05) is 28.4 Å². The first kappa shape index (κ1) is 15.8. The van der Waals surface area contributed by atoms with Gasteiger partial charge in [-0.05, 0) is 36.4 Å². The topological polar surface area (TPSA) is 54.1 Å². The molecule has 6 heteroatoms. The fraction of sp³-hybridized carbons (Fsp3) is 0.118. The lowest BCUT2D eigenvalue weighted by atomic mass is 10.2. The van der Waals surface area contributed by atoms with Crippen LogP contribution in [0.5, 0.6) is 5.75 Å². The van der Waals surface area contributed by atoms with Gasteiger partial charge in [0.2, 0.25) is 0 Å². The minimum absolute atomic E-state index is 0.156. The Morgan fingerprint density at radius 3 is 2.61 bits per heavy atom. The number of H-pyrrole nitrogens is 1. The van der Waals surface area contributed by atoms with Crippen molar-refractivity contribution in [2.45, 2.75) is 9.79 Å². The smallest absolute Gasteiger partial charge is 0.268 e. The molecule has 0 fully saturated rings. The Bertz CT molecular complexity index is 859. The molecule has 2 N–H and O–H groups in total. The Morgan fingerprint density at radius 2 is 1.96 bits per heavy atom. The van der Waals surface area contributed by atoms with E-state index in [4.69, 9.17) is 16.3 Å². The molecule has 0 aliphatic carbocycles. The molecule has 118 valence electrons. The van der Waals surface area contributed by atoms with E-state index < -0.39 is 0 Å². The average molecular weight is 347 g/mol. The van der Waals surface area contributed by atoms with Gasteiger partial charge in [0.25, 0.3) is 5.91 Å². The summed E-state index contributed by atoms with van der Waals surface area (Å²) in [5.41, 5.74) is 1.40. The number of rotatable bonds is 4. The van der Waals surface area contributed by atoms with Crippen LogP contribution in [0.2, 0.25) is 5.02 Å². The summed E-state index contributed by atoms with van der Waals surface area (Å²) in [5, 5.41) is 4.33. The van der Waals surface area contributed by atoms with Crippen LogP contribution in [0.15, 0.2) is 52.3 Å². The summed E-state index contributed by atoms with van der Waals surface area (Å²) in [7, 11) is 3.23. The zero-order chi connectivity index (χ0) is 16.4. The van der Waals surface area contributed by atoms with Crippen molar-refractivity contribution in [3.63, 3.8) is 0 Å². The number of fused-ring (bicyclic) bond motifs is 1. The van der Waals surface area contributed by atoms with Crippen molar-refractivity contribution in [3.05, 3.63) is 53.2 Å². The van der Waals surface area contributed by atoms with Crippen LogP contribution >= 0.6 is 23.4 Å². The molecule has 1 heterocycles. The van der Waals surface area contributed by atoms with Gasteiger partial charge in [0.05, 0.1) is 17.5 Å². The summed E-state index contributed by atoms with van der Waals surface area (Å²) in [6, 6.07) is 13.3. The Balaban J connectivity index is 2.11. The van der Waals surface area contributed by atoms with Crippen LogP contribution in [-0.2, 0) is 0 Å². The number of ether oxygens (including phenoxy) is 1. The first-order valence-electron chi connectivity index (χ1n) is 6.97. The van der Waals surface area contributed by atoms with E-state index in [1.54, 1.807) is 14.2 Å². The highest BCUT2D eigenvalue weighted by Crippen LogP contribution is 2.38. The van der Waals surface area contributed by atoms with E-state index in [-0.39, 0.29) is 5.91 Å². The number of carbonyl (C=O) groups excluding carboxylic acids is 1. The number of methoxy groups -OCH3 is 1. The summed E-state index contributed by atoms with van der Waals surface area (Å²) >= 11 is 7.46. The van der Waals surface area contributed by atoms with E-state index in [1.165, 1.54) is 11.8 Å².